The number of nitrogen functional groups attached to an aromatic ring is 1. The number of nitrogens with one attached hydrogen (secondary N) is 1. The molecule has 3 heterocycles. The molecule has 0 aliphatic carbocycles. The number of aliphatic hydroxyl groups excluding tert-OH is 1. The van der Waals surface area contributed by atoms with E-state index in [4.69, 9.17) is 24.3 Å². The summed E-state index contributed by atoms with van der Waals surface area (Å²) in [5, 5.41) is 13.3. The van der Waals surface area contributed by atoms with Crippen molar-refractivity contribution in [2.75, 3.05) is 19.5 Å². The normalized spacial score (nSPS) is 26.1. The maximum atomic E-state index is 15.8. The number of fused-ring (bicyclic) bond motifs is 1. The van der Waals surface area contributed by atoms with Gasteiger partial charge in [0.1, 0.15) is 23.7 Å². The summed E-state index contributed by atoms with van der Waals surface area (Å²) < 4.78 is 52.7. The molecule has 4 rings (SSSR count). The summed E-state index contributed by atoms with van der Waals surface area (Å²) in [5.74, 6) is -0.136. The van der Waals surface area contributed by atoms with Crippen molar-refractivity contribution in [1.29, 1.82) is 0 Å². The third kappa shape index (κ3) is 5.43. The number of ketones is 1. The Bertz CT molecular complexity index is 1320. The van der Waals surface area contributed by atoms with Crippen molar-refractivity contribution in [2.24, 2.45) is 0 Å². The molecule has 1 aliphatic rings. The zero-order valence-electron chi connectivity index (χ0n) is 20.6. The first-order valence-corrected chi connectivity index (χ1v) is 12.8. The number of carbonyl (C=O) groups excluding carboxylic acids is 1. The van der Waals surface area contributed by atoms with E-state index in [1.165, 1.54) is 31.9 Å². The molecule has 13 nitrogen and oxygen atoms in total. The molecule has 0 spiro atoms. The van der Waals surface area contributed by atoms with Crippen LogP contribution in [0.3, 0.4) is 0 Å². The number of carbonyl (C=O) groups is 1. The average Bonchev–Trinajstić information content (AvgIpc) is 3.35. The van der Waals surface area contributed by atoms with Gasteiger partial charge in [0.25, 0.3) is 0 Å². The summed E-state index contributed by atoms with van der Waals surface area (Å²) in [4.78, 5) is 24.0. The number of anilines is 1. The van der Waals surface area contributed by atoms with Gasteiger partial charge in [0.15, 0.2) is 23.1 Å². The van der Waals surface area contributed by atoms with Gasteiger partial charge in [-0.1, -0.05) is 18.2 Å². The Kier molecular flexibility index (Phi) is 7.49. The van der Waals surface area contributed by atoms with Crippen molar-refractivity contribution in [2.45, 2.75) is 50.9 Å². The van der Waals surface area contributed by atoms with Gasteiger partial charge < -0.3 is 24.8 Å². The number of halogens is 1. The van der Waals surface area contributed by atoms with E-state index in [9.17, 15) is 14.5 Å². The lowest BCUT2D eigenvalue weighted by molar-refractivity contribution is -0.118. The third-order valence-corrected chi connectivity index (χ3v) is 7.55. The highest BCUT2D eigenvalue weighted by Gasteiger charge is 2.56. The molecule has 1 fully saturated rings. The minimum absolute atomic E-state index is 0.0879. The lowest BCUT2D eigenvalue weighted by Gasteiger charge is -2.25. The van der Waals surface area contributed by atoms with Gasteiger partial charge in [0, 0.05) is 0 Å². The Morgan fingerprint density at radius 1 is 1.38 bits per heavy atom. The Labute approximate surface area is 211 Å². The molecule has 6 atom stereocenters. The highest BCUT2D eigenvalue weighted by Crippen LogP contribution is 2.48. The number of aliphatic hydroxyl groups is 1. The lowest BCUT2D eigenvalue weighted by Crippen LogP contribution is -2.41. The van der Waals surface area contributed by atoms with Crippen molar-refractivity contribution in [1.82, 2.24) is 24.6 Å². The molecule has 0 radical (unpaired) electrons. The standard InChI is InChI=1S/C22H28FN6O7P/c1-12(13(2)30)28-37(32,36-14-8-6-5-7-9-14)34-10-15-17(31)22(3,23)20(35-15)29-11-25-16-18(29)26-21(24)27-19(16)33-4/h5-9,11-12,15,17,20,31H,10H2,1-4H3,(H,28,32)(H2,24,26,27)/t12-,15+,17+,20+,22+,37?/m0/s1. The van der Waals surface area contributed by atoms with Crippen LogP contribution < -0.4 is 20.1 Å². The minimum atomic E-state index is -4.17. The van der Waals surface area contributed by atoms with E-state index >= 15 is 4.39 Å². The van der Waals surface area contributed by atoms with Gasteiger partial charge in [0.05, 0.1) is 26.1 Å². The van der Waals surface area contributed by atoms with Gasteiger partial charge in [-0.3, -0.25) is 13.9 Å². The molecular formula is C22H28FN6O7P. The van der Waals surface area contributed by atoms with Crippen LogP contribution in [0.1, 0.15) is 27.0 Å². The van der Waals surface area contributed by atoms with Crippen LogP contribution in [0.4, 0.5) is 10.3 Å². The second-order valence-corrected chi connectivity index (χ2v) is 10.4. The number of hydrogen-bond donors (Lipinski definition) is 3. The summed E-state index contributed by atoms with van der Waals surface area (Å²) in [6.07, 6.45) is -3.12. The molecule has 3 aromatic rings. The molecule has 15 heteroatoms. The third-order valence-electron chi connectivity index (χ3n) is 5.91. The van der Waals surface area contributed by atoms with Crippen molar-refractivity contribution >= 4 is 30.6 Å². The second kappa shape index (κ2) is 10.3. The van der Waals surface area contributed by atoms with Gasteiger partial charge in [-0.25, -0.2) is 19.0 Å². The quantitative estimate of drug-likeness (QED) is 0.322. The highest BCUT2D eigenvalue weighted by molar-refractivity contribution is 7.52. The number of nitrogens with zero attached hydrogens (tertiary/aromatic N) is 4. The molecule has 1 unspecified atom stereocenters. The summed E-state index contributed by atoms with van der Waals surface area (Å²) in [6, 6.07) is 7.30. The second-order valence-electron chi connectivity index (χ2n) is 8.70. The van der Waals surface area contributed by atoms with Gasteiger partial charge in [0.2, 0.25) is 11.8 Å². The average molecular weight is 538 g/mol. The van der Waals surface area contributed by atoms with E-state index in [0.29, 0.717) is 0 Å². The van der Waals surface area contributed by atoms with Gasteiger partial charge >= 0.3 is 7.75 Å². The molecule has 200 valence electrons. The summed E-state index contributed by atoms with van der Waals surface area (Å²) >= 11 is 0. The fourth-order valence-electron chi connectivity index (χ4n) is 3.78. The number of methoxy groups -OCH3 is 1. The number of rotatable bonds is 10. The van der Waals surface area contributed by atoms with E-state index in [2.05, 4.69) is 20.0 Å². The van der Waals surface area contributed by atoms with Crippen molar-refractivity contribution < 1.29 is 37.4 Å². The number of nitrogens with two attached hydrogens (primary N) is 1. The van der Waals surface area contributed by atoms with Gasteiger partial charge in [-0.15, -0.1) is 0 Å². The van der Waals surface area contributed by atoms with Crippen LogP contribution in [0.25, 0.3) is 11.2 Å². The van der Waals surface area contributed by atoms with Crippen LogP contribution in [-0.4, -0.2) is 68.0 Å². The predicted molar refractivity (Wildman–Crippen MR) is 130 cm³/mol. The molecule has 0 bridgehead atoms. The van der Waals surface area contributed by atoms with Crippen molar-refractivity contribution in [3.63, 3.8) is 0 Å². The van der Waals surface area contributed by atoms with Crippen molar-refractivity contribution in [3.8, 4) is 11.6 Å². The van der Waals surface area contributed by atoms with Crippen LogP contribution in [-0.2, 0) is 18.6 Å². The van der Waals surface area contributed by atoms with Crippen LogP contribution in [0, 0.1) is 0 Å². The molecule has 37 heavy (non-hydrogen) atoms. The number of alkyl halides is 1. The largest absolute Gasteiger partial charge is 0.479 e. The first-order valence-electron chi connectivity index (χ1n) is 11.3. The molecule has 1 saturated heterocycles. The van der Waals surface area contributed by atoms with Crippen LogP contribution in [0.5, 0.6) is 11.6 Å². The zero-order valence-corrected chi connectivity index (χ0v) is 21.5. The van der Waals surface area contributed by atoms with Crippen LogP contribution in [0.15, 0.2) is 36.7 Å². The SMILES string of the molecule is COc1nc(N)nc2c1ncn2[C@@H]1O[C@H](COP(=O)(N[C@@H](C)C(C)=O)Oc2ccccc2)[C@@H](O)[C@@]1(C)F. The number of Topliss-reactive ketones (excluding diaryl/α,β-unsaturated/α-hetero) is 1. The van der Waals surface area contributed by atoms with Crippen LogP contribution in [0.2, 0.25) is 0 Å². The minimum Gasteiger partial charge on any atom is -0.479 e. The number of aromatic nitrogens is 4. The number of imidazole rings is 1. The molecule has 0 amide bonds. The first kappa shape index (κ1) is 26.9. The molecule has 4 N–H and O–H groups in total. The van der Waals surface area contributed by atoms with E-state index in [1.807, 2.05) is 0 Å². The maximum Gasteiger partial charge on any atom is 0.459 e. The summed E-state index contributed by atoms with van der Waals surface area (Å²) in [5.41, 5.74) is 3.74. The molecular weight excluding hydrogens is 510 g/mol. The number of hydrogen-bond acceptors (Lipinski definition) is 11. The number of ether oxygens (including phenoxy) is 2. The Hall–Kier alpha value is -3.16. The Balaban J connectivity index is 1.58. The zero-order chi connectivity index (χ0) is 27.0. The predicted octanol–water partition coefficient (Wildman–Crippen LogP) is 2.17. The Morgan fingerprint density at radius 2 is 2.08 bits per heavy atom. The topological polar surface area (TPSA) is 173 Å². The van der Waals surface area contributed by atoms with Crippen LogP contribution >= 0.6 is 7.75 Å². The molecule has 0 saturated carbocycles. The maximum absolute atomic E-state index is 15.8. The smallest absolute Gasteiger partial charge is 0.459 e. The lowest BCUT2D eigenvalue weighted by atomic mass is 9.98. The Morgan fingerprint density at radius 3 is 2.73 bits per heavy atom. The number of benzene rings is 1. The van der Waals surface area contributed by atoms with Crippen molar-refractivity contribution in [3.05, 3.63) is 36.7 Å². The molecule has 2 aromatic heterocycles. The molecule has 1 aliphatic heterocycles. The monoisotopic (exact) mass is 538 g/mol. The van der Waals surface area contributed by atoms with E-state index in [1.54, 1.807) is 30.3 Å². The fourth-order valence-corrected chi connectivity index (χ4v) is 5.36. The molecule has 1 aromatic carbocycles. The van der Waals surface area contributed by atoms with E-state index in [0.717, 1.165) is 6.92 Å². The summed E-state index contributed by atoms with van der Waals surface area (Å²) in [6.45, 7) is 3.42. The first-order chi connectivity index (χ1) is 17.4. The van der Waals surface area contributed by atoms with Gasteiger partial charge in [-0.05, 0) is 32.9 Å². The number of para-hydroxylation sites is 1. The summed E-state index contributed by atoms with van der Waals surface area (Å²) in [7, 11) is -2.79. The highest BCUT2D eigenvalue weighted by atomic mass is 31.2. The fraction of sp³-hybridized carbons (Fsp3) is 0.455. The van der Waals surface area contributed by atoms with E-state index < -0.39 is 44.5 Å². The van der Waals surface area contributed by atoms with E-state index in [-0.39, 0.29) is 34.5 Å². The van der Waals surface area contributed by atoms with Gasteiger partial charge in [-0.2, -0.15) is 9.97 Å².